The predicted molar refractivity (Wildman–Crippen MR) is 212 cm³/mol. The van der Waals surface area contributed by atoms with Gasteiger partial charge in [-0.05, 0) is 118 Å². The normalized spacial score (nSPS) is 18.6. The Kier molecular flexibility index (Phi) is 8.13. The van der Waals surface area contributed by atoms with Gasteiger partial charge in [0.1, 0.15) is 5.70 Å². The van der Waals surface area contributed by atoms with Crippen LogP contribution in [-0.4, -0.2) is 32.5 Å². The quantitative estimate of drug-likeness (QED) is 0.162. The van der Waals surface area contributed by atoms with Crippen molar-refractivity contribution in [2.24, 2.45) is 9.98 Å². The molecule has 7 nitrogen and oxygen atoms in total. The first kappa shape index (κ1) is 33.8. The summed E-state index contributed by atoms with van der Waals surface area (Å²) in [6.45, 7) is 11.7. The summed E-state index contributed by atoms with van der Waals surface area (Å²) >= 11 is 0. The molecule has 1 amide bonds. The number of hydrogen-bond acceptors (Lipinski definition) is 5. The van der Waals surface area contributed by atoms with E-state index in [4.69, 9.17) is 9.98 Å². The third-order valence-electron chi connectivity index (χ3n) is 10.1. The molecule has 0 saturated carbocycles. The maximum absolute atomic E-state index is 15.8. The fourth-order valence-electron chi connectivity index (χ4n) is 7.94. The van der Waals surface area contributed by atoms with Crippen LogP contribution in [0.25, 0.3) is 17.7 Å². The molecule has 260 valence electrons. The van der Waals surface area contributed by atoms with Gasteiger partial charge in [0.15, 0.2) is 5.70 Å². The lowest BCUT2D eigenvalue weighted by Gasteiger charge is -2.38. The molecule has 1 atom stereocenters. The first-order valence-corrected chi connectivity index (χ1v) is 17.7. The van der Waals surface area contributed by atoms with Crippen molar-refractivity contribution in [2.45, 2.75) is 41.5 Å². The predicted octanol–water partition coefficient (Wildman–Crippen LogP) is 7.85. The molecule has 4 aromatic rings. The molecule has 0 radical (unpaired) electrons. The van der Waals surface area contributed by atoms with E-state index in [0.29, 0.717) is 50.2 Å². The van der Waals surface area contributed by atoms with Crippen molar-refractivity contribution in [1.29, 1.82) is 0 Å². The Balaban J connectivity index is 1.38. The van der Waals surface area contributed by atoms with E-state index in [1.807, 2.05) is 145 Å². The van der Waals surface area contributed by atoms with E-state index < -0.39 is 10.6 Å². The molecule has 4 aliphatic rings. The summed E-state index contributed by atoms with van der Waals surface area (Å²) in [6.07, 6.45) is 16.3. The van der Waals surface area contributed by atoms with Gasteiger partial charge in [0.2, 0.25) is 0 Å². The first-order valence-electron chi connectivity index (χ1n) is 17.7. The number of carbonyl (C=O) groups is 2. The molecule has 0 saturated heterocycles. The minimum absolute atomic E-state index is 0.144. The molecule has 7 heteroatoms. The highest BCUT2D eigenvalue weighted by molar-refractivity contribution is 6.20. The van der Waals surface area contributed by atoms with E-state index >= 15 is 5.21 Å². The van der Waals surface area contributed by atoms with E-state index in [1.165, 1.54) is 0 Å². The van der Waals surface area contributed by atoms with Crippen LogP contribution in [0.1, 0.15) is 59.7 Å². The highest BCUT2D eigenvalue weighted by atomic mass is 16.6. The molecule has 8 bridgehead atoms. The summed E-state index contributed by atoms with van der Waals surface area (Å²) in [5.74, 6) is -0.725. The molecule has 0 N–H and O–H groups in total. The van der Waals surface area contributed by atoms with Gasteiger partial charge in [-0.3, -0.25) is 9.36 Å². The van der Waals surface area contributed by atoms with Crippen LogP contribution in [0.15, 0.2) is 142 Å². The van der Waals surface area contributed by atoms with Crippen molar-refractivity contribution in [1.82, 2.24) is 4.57 Å². The number of aryl methyl sites for hydroxylation is 6. The minimum Gasteiger partial charge on any atom is -0.614 e. The second-order valence-corrected chi connectivity index (χ2v) is 14.2. The van der Waals surface area contributed by atoms with Crippen molar-refractivity contribution in [3.63, 3.8) is 0 Å². The molecular formula is C46H38N4O3. The molecule has 4 aliphatic heterocycles. The number of fused-ring (bicyclic) bond motifs is 6. The Bertz CT molecular complexity index is 2660. The molecule has 0 aliphatic carbocycles. The highest BCUT2D eigenvalue weighted by Crippen LogP contribution is 2.44. The number of hydroxylamine groups is 3. The fraction of sp³-hybridized carbons (Fsp3) is 0.130. The third-order valence-corrected chi connectivity index (χ3v) is 10.1. The van der Waals surface area contributed by atoms with Gasteiger partial charge in [0.25, 0.3) is 5.91 Å². The monoisotopic (exact) mass is 694 g/mol. The zero-order valence-corrected chi connectivity index (χ0v) is 30.6. The summed E-state index contributed by atoms with van der Waals surface area (Å²) in [4.78, 5) is 39.1. The molecular weight excluding hydrogens is 657 g/mol. The van der Waals surface area contributed by atoms with Gasteiger partial charge in [0, 0.05) is 23.8 Å². The lowest BCUT2D eigenvalue weighted by Crippen LogP contribution is -2.44. The lowest BCUT2D eigenvalue weighted by atomic mass is 9.98. The molecule has 0 fully saturated rings. The van der Waals surface area contributed by atoms with Gasteiger partial charge in [-0.15, -0.1) is 0 Å². The number of benzene rings is 3. The zero-order chi connectivity index (χ0) is 37.2. The van der Waals surface area contributed by atoms with Crippen LogP contribution in [0.5, 0.6) is 0 Å². The minimum atomic E-state index is -1.35. The number of allylic oxidation sites excluding steroid dienone is 8. The van der Waals surface area contributed by atoms with E-state index in [1.54, 1.807) is 22.8 Å². The highest BCUT2D eigenvalue weighted by Gasteiger charge is 2.44. The topological polar surface area (TPSA) is 86.8 Å². The van der Waals surface area contributed by atoms with Gasteiger partial charge in [0.05, 0.1) is 44.7 Å². The lowest BCUT2D eigenvalue weighted by molar-refractivity contribution is -0.703. The Morgan fingerprint density at radius 1 is 0.604 bits per heavy atom. The molecule has 53 heavy (non-hydrogen) atoms. The van der Waals surface area contributed by atoms with Crippen LogP contribution < -0.4 is 10.7 Å². The molecule has 5 heterocycles. The van der Waals surface area contributed by atoms with Crippen molar-refractivity contribution >= 4 is 41.0 Å². The number of nitrogens with zero attached hydrogens (tertiary/aromatic N) is 4. The third kappa shape index (κ3) is 5.80. The van der Waals surface area contributed by atoms with E-state index in [-0.39, 0.29) is 17.3 Å². The zero-order valence-electron chi connectivity index (χ0n) is 30.6. The SMILES string of the molecule is Cc1cc(C)c(C(=O)n2c3ccc2=CC2=NC(=CC4=C(c5ccccc5)C=C(C=C5C=CC(=N5)C=3)[N+]4([O-])C(=O)c3c(C)cc(C)cc3C)C=C2)c(C)c1. The average molecular weight is 695 g/mol. The summed E-state index contributed by atoms with van der Waals surface area (Å²) in [7, 11) is 0. The fourth-order valence-corrected chi connectivity index (χ4v) is 7.94. The number of carbonyl (C=O) groups excluding carboxylic acids is 2. The number of quaternary nitrogens is 1. The number of amides is 1. The summed E-state index contributed by atoms with van der Waals surface area (Å²) in [5.41, 5.74) is 10.6. The summed E-state index contributed by atoms with van der Waals surface area (Å²) in [5, 5.41) is 17.1. The molecule has 1 aromatic heterocycles. The largest absolute Gasteiger partial charge is 0.614 e. The molecule has 0 spiro atoms. The molecule has 3 aromatic carbocycles. The second kappa shape index (κ2) is 12.7. The van der Waals surface area contributed by atoms with Gasteiger partial charge < -0.3 is 5.21 Å². The van der Waals surface area contributed by atoms with Crippen LogP contribution in [-0.2, 0) is 0 Å². The number of rotatable bonds is 3. The Morgan fingerprint density at radius 3 is 1.66 bits per heavy atom. The maximum Gasteiger partial charge on any atom is 0.356 e. The van der Waals surface area contributed by atoms with Crippen LogP contribution >= 0.6 is 0 Å². The Hall–Kier alpha value is -6.28. The van der Waals surface area contributed by atoms with Gasteiger partial charge in [-0.1, -0.05) is 65.7 Å². The van der Waals surface area contributed by atoms with E-state index in [2.05, 4.69) is 0 Å². The number of aliphatic imine (C=N–C) groups is 2. The first-order chi connectivity index (χ1) is 25.4. The maximum atomic E-state index is 15.8. The van der Waals surface area contributed by atoms with Gasteiger partial charge >= 0.3 is 5.91 Å². The summed E-state index contributed by atoms with van der Waals surface area (Å²) < 4.78 is 0.361. The van der Waals surface area contributed by atoms with Crippen molar-refractivity contribution < 1.29 is 14.2 Å². The summed E-state index contributed by atoms with van der Waals surface area (Å²) in [6, 6.07) is 21.4. The van der Waals surface area contributed by atoms with Gasteiger partial charge in [-0.2, -0.15) is 0 Å². The van der Waals surface area contributed by atoms with Crippen molar-refractivity contribution in [2.75, 3.05) is 0 Å². The number of hydrogen-bond donors (Lipinski definition) is 0. The Morgan fingerprint density at radius 2 is 1.11 bits per heavy atom. The van der Waals surface area contributed by atoms with Crippen molar-refractivity contribution in [3.05, 3.63) is 198 Å². The van der Waals surface area contributed by atoms with Crippen LogP contribution in [0.2, 0.25) is 0 Å². The average Bonchev–Trinajstić information content (AvgIpc) is 3.89. The van der Waals surface area contributed by atoms with E-state index in [9.17, 15) is 9.59 Å². The van der Waals surface area contributed by atoms with Gasteiger partial charge in [-0.25, -0.2) is 19.4 Å². The molecule has 1 unspecified atom stereocenters. The van der Waals surface area contributed by atoms with E-state index in [0.717, 1.165) is 38.9 Å². The van der Waals surface area contributed by atoms with Crippen LogP contribution in [0.4, 0.5) is 0 Å². The van der Waals surface area contributed by atoms with Crippen LogP contribution in [0.3, 0.4) is 0 Å². The second-order valence-electron chi connectivity index (χ2n) is 14.2. The standard InChI is InChI=1S/C46H38N4O3/c1-27-18-29(3)43(30(4)19-27)45(51)49-38-16-17-39(49)23-35-13-15-37(48-35)25-42-41(33-10-8-7-9-11-33)26-40(24-36-14-12-34(22-38)47-36)50(42,53)46(52)44-31(5)20-28(2)21-32(44)6/h7-26H,1-6H3. The number of aromatic nitrogens is 1. The van der Waals surface area contributed by atoms with Crippen molar-refractivity contribution in [3.8, 4) is 0 Å². The molecule has 8 rings (SSSR count). The smallest absolute Gasteiger partial charge is 0.356 e. The van der Waals surface area contributed by atoms with Crippen LogP contribution in [0, 0.1) is 46.7 Å². The Labute approximate surface area is 308 Å².